The molecule has 140 valence electrons. The van der Waals surface area contributed by atoms with Crippen molar-refractivity contribution in [2.24, 2.45) is 0 Å². The summed E-state index contributed by atoms with van der Waals surface area (Å²) in [6.07, 6.45) is 0.464. The van der Waals surface area contributed by atoms with Gasteiger partial charge in [0.05, 0.1) is 22.8 Å². The van der Waals surface area contributed by atoms with Crippen LogP contribution in [0, 0.1) is 10.1 Å². The molecule has 8 nitrogen and oxygen atoms in total. The second-order valence-electron chi connectivity index (χ2n) is 6.64. The van der Waals surface area contributed by atoms with Crippen molar-refractivity contribution in [2.75, 3.05) is 41.4 Å². The number of para-hydroxylation sites is 1. The Morgan fingerprint density at radius 1 is 1.15 bits per heavy atom. The van der Waals surface area contributed by atoms with Gasteiger partial charge in [0.1, 0.15) is 6.61 Å². The van der Waals surface area contributed by atoms with Crippen molar-refractivity contribution >= 4 is 28.8 Å². The third-order valence-corrected chi connectivity index (χ3v) is 4.91. The number of amides is 1. The fourth-order valence-corrected chi connectivity index (χ4v) is 3.56. The summed E-state index contributed by atoms with van der Waals surface area (Å²) < 4.78 is 5.00. The second kappa shape index (κ2) is 7.14. The molecule has 2 aliphatic heterocycles. The summed E-state index contributed by atoms with van der Waals surface area (Å²) in [5.74, 6) is 0. The van der Waals surface area contributed by atoms with Crippen LogP contribution in [-0.2, 0) is 4.74 Å². The topological polar surface area (TPSA) is 87.9 Å². The number of nitro benzene ring substituents is 1. The predicted octanol–water partition coefficient (Wildman–Crippen LogP) is 3.24. The Kier molecular flexibility index (Phi) is 4.53. The number of nitrogens with zero attached hydrogens (tertiary/aromatic N) is 3. The lowest BCUT2D eigenvalue weighted by Gasteiger charge is -2.22. The van der Waals surface area contributed by atoms with E-state index in [2.05, 4.69) is 22.3 Å². The van der Waals surface area contributed by atoms with Crippen LogP contribution >= 0.6 is 0 Å². The van der Waals surface area contributed by atoms with Gasteiger partial charge in [-0.05, 0) is 24.6 Å². The lowest BCUT2D eigenvalue weighted by atomic mass is 10.2. The molecule has 2 saturated heterocycles. The summed E-state index contributed by atoms with van der Waals surface area (Å²) in [4.78, 5) is 26.4. The van der Waals surface area contributed by atoms with Crippen LogP contribution in [0.5, 0.6) is 0 Å². The molecule has 0 radical (unpaired) electrons. The zero-order valence-corrected chi connectivity index (χ0v) is 14.7. The molecule has 1 amide bonds. The maximum absolute atomic E-state index is 12.0. The summed E-state index contributed by atoms with van der Waals surface area (Å²) in [5.41, 5.74) is 2.32. The van der Waals surface area contributed by atoms with E-state index in [0.717, 1.165) is 19.5 Å². The molecule has 2 aromatic rings. The molecule has 4 rings (SSSR count). The normalized spacial score (nSPS) is 19.3. The van der Waals surface area contributed by atoms with Gasteiger partial charge in [0.15, 0.2) is 0 Å². The van der Waals surface area contributed by atoms with E-state index < -0.39 is 11.0 Å². The summed E-state index contributed by atoms with van der Waals surface area (Å²) in [5, 5.41) is 14.6. The van der Waals surface area contributed by atoms with E-state index in [9.17, 15) is 14.9 Å². The van der Waals surface area contributed by atoms with E-state index in [1.165, 1.54) is 22.7 Å². The van der Waals surface area contributed by atoms with E-state index in [-0.39, 0.29) is 18.3 Å². The molecule has 1 unspecified atom stereocenters. The summed E-state index contributed by atoms with van der Waals surface area (Å²) in [6.45, 7) is 2.42. The van der Waals surface area contributed by atoms with Gasteiger partial charge in [-0.1, -0.05) is 18.2 Å². The molecule has 2 heterocycles. The number of nitro groups is 1. The number of rotatable bonds is 5. The van der Waals surface area contributed by atoms with E-state index in [1.807, 2.05) is 18.2 Å². The van der Waals surface area contributed by atoms with Crippen LogP contribution in [-0.4, -0.2) is 43.3 Å². The van der Waals surface area contributed by atoms with Crippen molar-refractivity contribution in [3.63, 3.8) is 0 Å². The molecule has 0 aromatic heterocycles. The first-order valence-corrected chi connectivity index (χ1v) is 8.91. The van der Waals surface area contributed by atoms with Gasteiger partial charge >= 0.3 is 6.09 Å². The maximum atomic E-state index is 12.0. The molecule has 2 aliphatic rings. The Labute approximate surface area is 156 Å². The molecule has 0 aliphatic carbocycles. The molecule has 2 aromatic carbocycles. The minimum absolute atomic E-state index is 0.0485. The molecular weight excluding hydrogens is 348 g/mol. The highest BCUT2D eigenvalue weighted by atomic mass is 16.6. The number of benzene rings is 2. The Morgan fingerprint density at radius 3 is 2.67 bits per heavy atom. The fraction of sp³-hybridized carbons (Fsp3) is 0.316. The van der Waals surface area contributed by atoms with Crippen molar-refractivity contribution in [3.05, 3.63) is 58.6 Å². The summed E-state index contributed by atoms with van der Waals surface area (Å²) in [7, 11) is 0. The van der Waals surface area contributed by atoms with E-state index in [4.69, 9.17) is 4.74 Å². The molecule has 1 atom stereocenters. The quantitative estimate of drug-likeness (QED) is 0.644. The van der Waals surface area contributed by atoms with Crippen LogP contribution in [0.15, 0.2) is 48.5 Å². The number of nitrogens with one attached hydrogen (secondary N) is 1. The minimum atomic E-state index is -0.476. The Bertz CT molecular complexity index is 858. The number of hydrogen-bond donors (Lipinski definition) is 1. The highest BCUT2D eigenvalue weighted by molar-refractivity contribution is 5.94. The molecule has 8 heteroatoms. The van der Waals surface area contributed by atoms with Gasteiger partial charge in [-0.2, -0.15) is 0 Å². The number of hydrogen-bond acceptors (Lipinski definition) is 6. The van der Waals surface area contributed by atoms with Crippen molar-refractivity contribution in [1.29, 1.82) is 0 Å². The molecule has 0 saturated carbocycles. The van der Waals surface area contributed by atoms with Gasteiger partial charge in [0, 0.05) is 37.0 Å². The average Bonchev–Trinajstić information content (AvgIpc) is 3.32. The van der Waals surface area contributed by atoms with Crippen molar-refractivity contribution in [3.8, 4) is 0 Å². The third kappa shape index (κ3) is 3.51. The van der Waals surface area contributed by atoms with Gasteiger partial charge < -0.3 is 15.0 Å². The predicted molar refractivity (Wildman–Crippen MR) is 102 cm³/mol. The van der Waals surface area contributed by atoms with Crippen molar-refractivity contribution < 1.29 is 14.5 Å². The Morgan fingerprint density at radius 2 is 1.96 bits per heavy atom. The van der Waals surface area contributed by atoms with Gasteiger partial charge in [0.2, 0.25) is 0 Å². The number of cyclic esters (lactones) is 1. The highest BCUT2D eigenvalue weighted by Gasteiger charge is 2.29. The third-order valence-electron chi connectivity index (χ3n) is 4.91. The number of carbonyl (C=O) groups excluding carboxylic acids is 1. The number of ether oxygens (including phenoxy) is 1. The van der Waals surface area contributed by atoms with E-state index in [1.54, 1.807) is 6.07 Å². The number of anilines is 3. The number of carbonyl (C=O) groups is 1. The van der Waals surface area contributed by atoms with Crippen molar-refractivity contribution in [1.82, 2.24) is 0 Å². The van der Waals surface area contributed by atoms with Crippen molar-refractivity contribution in [2.45, 2.75) is 12.5 Å². The zero-order chi connectivity index (χ0) is 18.8. The fourth-order valence-electron chi connectivity index (χ4n) is 3.56. The highest BCUT2D eigenvalue weighted by Crippen LogP contribution is 2.34. The Balaban J connectivity index is 1.55. The first-order valence-electron chi connectivity index (χ1n) is 8.91. The maximum Gasteiger partial charge on any atom is 0.414 e. The second-order valence-corrected chi connectivity index (χ2v) is 6.64. The molecule has 1 N–H and O–H groups in total. The van der Waals surface area contributed by atoms with Gasteiger partial charge in [-0.25, -0.2) is 4.79 Å². The monoisotopic (exact) mass is 368 g/mol. The first-order chi connectivity index (χ1) is 13.1. The van der Waals surface area contributed by atoms with Crippen LogP contribution in [0.4, 0.5) is 27.5 Å². The van der Waals surface area contributed by atoms with Gasteiger partial charge in [-0.15, -0.1) is 0 Å². The lowest BCUT2D eigenvalue weighted by Crippen LogP contribution is -2.28. The SMILES string of the molecule is O=C1OCCN1c1cc([N+](=O)[O-])ccc1NC1CCN(c2ccccc2)C1. The molecule has 27 heavy (non-hydrogen) atoms. The largest absolute Gasteiger partial charge is 0.447 e. The molecule has 2 fully saturated rings. The van der Waals surface area contributed by atoms with Crippen LogP contribution in [0.2, 0.25) is 0 Å². The van der Waals surface area contributed by atoms with Gasteiger partial charge in [0.25, 0.3) is 5.69 Å². The van der Waals surface area contributed by atoms with Crippen LogP contribution in [0.3, 0.4) is 0 Å². The van der Waals surface area contributed by atoms with Crippen LogP contribution in [0.1, 0.15) is 6.42 Å². The first kappa shape index (κ1) is 17.1. The van der Waals surface area contributed by atoms with Crippen LogP contribution < -0.4 is 15.1 Å². The average molecular weight is 368 g/mol. The minimum Gasteiger partial charge on any atom is -0.447 e. The molecular formula is C19H20N4O4. The van der Waals surface area contributed by atoms with E-state index >= 15 is 0 Å². The lowest BCUT2D eigenvalue weighted by molar-refractivity contribution is -0.384. The molecule has 0 bridgehead atoms. The van der Waals surface area contributed by atoms with E-state index in [0.29, 0.717) is 17.9 Å². The smallest absolute Gasteiger partial charge is 0.414 e. The van der Waals surface area contributed by atoms with Gasteiger partial charge in [-0.3, -0.25) is 15.0 Å². The van der Waals surface area contributed by atoms with Crippen LogP contribution in [0.25, 0.3) is 0 Å². The Hall–Kier alpha value is -3.29. The zero-order valence-electron chi connectivity index (χ0n) is 14.7. The summed E-state index contributed by atoms with van der Waals surface area (Å²) in [6, 6.07) is 14.9. The standard InChI is InChI=1S/C19H20N4O4/c24-19-22(10-11-27-19)18-12-16(23(25)26)6-7-17(18)20-14-8-9-21(13-14)15-4-2-1-3-5-15/h1-7,12,14,20H,8-11,13H2. The molecule has 0 spiro atoms. The number of non-ortho nitro benzene ring substituents is 1. The summed E-state index contributed by atoms with van der Waals surface area (Å²) >= 11 is 0.